The van der Waals surface area contributed by atoms with Crippen LogP contribution in [0.2, 0.25) is 0 Å². The highest BCUT2D eigenvalue weighted by molar-refractivity contribution is 7.90. The molecule has 9 nitrogen and oxygen atoms in total. The van der Waals surface area contributed by atoms with E-state index in [1.807, 2.05) is 30.3 Å². The molecule has 0 bridgehead atoms. The lowest BCUT2D eigenvalue weighted by Crippen LogP contribution is -2.36. The van der Waals surface area contributed by atoms with Gasteiger partial charge in [0.25, 0.3) is 0 Å². The Bertz CT molecular complexity index is 1270. The SMILES string of the molecule is CNc1ncc(-c2cc(N3CCOCC3)cc(S(=O)(=O)Cc3ccc(N4CCOCC4)cc3)c2)cn1. The second-order valence-electron chi connectivity index (χ2n) is 8.89. The van der Waals surface area contributed by atoms with Crippen molar-refractivity contribution in [3.05, 3.63) is 60.4 Å². The number of anilines is 3. The van der Waals surface area contributed by atoms with Crippen molar-refractivity contribution in [3.63, 3.8) is 0 Å². The van der Waals surface area contributed by atoms with Crippen molar-refractivity contribution in [2.45, 2.75) is 10.6 Å². The predicted molar refractivity (Wildman–Crippen MR) is 140 cm³/mol. The molecule has 1 aromatic heterocycles. The van der Waals surface area contributed by atoms with Crippen LogP contribution >= 0.6 is 0 Å². The van der Waals surface area contributed by atoms with E-state index in [9.17, 15) is 8.42 Å². The van der Waals surface area contributed by atoms with E-state index in [-0.39, 0.29) is 10.6 Å². The fourth-order valence-electron chi connectivity index (χ4n) is 4.47. The van der Waals surface area contributed by atoms with Gasteiger partial charge in [0, 0.05) is 62.6 Å². The Kier molecular flexibility index (Phi) is 7.35. The summed E-state index contributed by atoms with van der Waals surface area (Å²) in [5.41, 5.74) is 4.22. The van der Waals surface area contributed by atoms with Crippen LogP contribution in [0.5, 0.6) is 0 Å². The molecule has 190 valence electrons. The highest BCUT2D eigenvalue weighted by Crippen LogP contribution is 2.31. The van der Waals surface area contributed by atoms with Crippen LogP contribution in [0, 0.1) is 0 Å². The van der Waals surface area contributed by atoms with Crippen LogP contribution in [0.3, 0.4) is 0 Å². The third kappa shape index (κ3) is 5.61. The number of hydrogen-bond donors (Lipinski definition) is 1. The van der Waals surface area contributed by atoms with Gasteiger partial charge in [-0.3, -0.25) is 0 Å². The number of rotatable bonds is 7. The molecular weight excluding hydrogens is 478 g/mol. The summed E-state index contributed by atoms with van der Waals surface area (Å²) in [7, 11) is -1.84. The van der Waals surface area contributed by atoms with Crippen LogP contribution in [0.1, 0.15) is 5.56 Å². The summed E-state index contributed by atoms with van der Waals surface area (Å²) in [6.07, 6.45) is 3.41. The van der Waals surface area contributed by atoms with Crippen LogP contribution in [0.25, 0.3) is 11.1 Å². The first-order chi connectivity index (χ1) is 17.5. The highest BCUT2D eigenvalue weighted by Gasteiger charge is 2.21. The summed E-state index contributed by atoms with van der Waals surface area (Å²) < 4.78 is 38.1. The van der Waals surface area contributed by atoms with Crippen LogP contribution < -0.4 is 15.1 Å². The Labute approximate surface area is 212 Å². The fraction of sp³-hybridized carbons (Fsp3) is 0.385. The second-order valence-corrected chi connectivity index (χ2v) is 10.9. The van der Waals surface area contributed by atoms with Gasteiger partial charge in [0.05, 0.1) is 37.1 Å². The summed E-state index contributed by atoms with van der Waals surface area (Å²) in [4.78, 5) is 13.3. The molecule has 5 rings (SSSR count). The molecule has 36 heavy (non-hydrogen) atoms. The lowest BCUT2D eigenvalue weighted by Gasteiger charge is -2.29. The third-order valence-electron chi connectivity index (χ3n) is 6.50. The van der Waals surface area contributed by atoms with Gasteiger partial charge in [-0.05, 0) is 41.5 Å². The largest absolute Gasteiger partial charge is 0.378 e. The van der Waals surface area contributed by atoms with Gasteiger partial charge in [0.1, 0.15) is 0 Å². The molecule has 2 fully saturated rings. The van der Waals surface area contributed by atoms with E-state index in [1.54, 1.807) is 31.6 Å². The minimum absolute atomic E-state index is 0.0718. The Hall–Kier alpha value is -3.21. The standard InChI is InChI=1S/C26H31N5O4S/c1-27-26-28-17-22(18-29-26)21-14-24(31-8-12-35-13-9-31)16-25(15-21)36(32,33)19-20-2-4-23(5-3-20)30-6-10-34-11-7-30/h2-5,14-18H,6-13,19H2,1H3,(H,27,28,29). The fourth-order valence-corrected chi connectivity index (χ4v) is 5.87. The number of ether oxygens (including phenoxy) is 2. The van der Waals surface area contributed by atoms with Crippen molar-refractivity contribution < 1.29 is 17.9 Å². The maximum atomic E-state index is 13.6. The maximum absolute atomic E-state index is 13.6. The monoisotopic (exact) mass is 509 g/mol. The molecule has 2 aliphatic heterocycles. The smallest absolute Gasteiger partial charge is 0.222 e. The number of benzene rings is 2. The minimum Gasteiger partial charge on any atom is -0.378 e. The second kappa shape index (κ2) is 10.8. The number of nitrogens with one attached hydrogen (secondary N) is 1. The summed E-state index contributed by atoms with van der Waals surface area (Å²) in [5, 5.41) is 2.91. The van der Waals surface area contributed by atoms with Crippen molar-refractivity contribution in [1.29, 1.82) is 0 Å². The molecule has 1 N–H and O–H groups in total. The number of sulfone groups is 1. The minimum atomic E-state index is -3.60. The van der Waals surface area contributed by atoms with Crippen molar-refractivity contribution in [2.24, 2.45) is 0 Å². The summed E-state index contributed by atoms with van der Waals surface area (Å²) in [6, 6.07) is 13.3. The van der Waals surface area contributed by atoms with E-state index in [4.69, 9.17) is 9.47 Å². The highest BCUT2D eigenvalue weighted by atomic mass is 32.2. The Morgan fingerprint density at radius 3 is 1.97 bits per heavy atom. The van der Waals surface area contributed by atoms with E-state index in [2.05, 4.69) is 25.1 Å². The maximum Gasteiger partial charge on any atom is 0.222 e. The van der Waals surface area contributed by atoms with Gasteiger partial charge in [-0.25, -0.2) is 18.4 Å². The molecule has 2 aliphatic rings. The molecule has 0 aliphatic carbocycles. The zero-order chi connectivity index (χ0) is 25.0. The Morgan fingerprint density at radius 1 is 0.806 bits per heavy atom. The summed E-state index contributed by atoms with van der Waals surface area (Å²) in [5.74, 6) is 0.439. The van der Waals surface area contributed by atoms with Gasteiger partial charge in [-0.2, -0.15) is 0 Å². The van der Waals surface area contributed by atoms with Crippen LogP contribution in [0.4, 0.5) is 17.3 Å². The molecular formula is C26H31N5O4S. The molecule has 2 saturated heterocycles. The molecule has 0 saturated carbocycles. The molecule has 0 unspecified atom stereocenters. The van der Waals surface area contributed by atoms with Crippen molar-refractivity contribution in [1.82, 2.24) is 9.97 Å². The first-order valence-corrected chi connectivity index (χ1v) is 13.8. The van der Waals surface area contributed by atoms with Gasteiger partial charge in [-0.1, -0.05) is 12.1 Å². The van der Waals surface area contributed by atoms with E-state index in [1.165, 1.54) is 0 Å². The predicted octanol–water partition coefficient (Wildman–Crippen LogP) is 2.83. The average molecular weight is 510 g/mol. The molecule has 0 amide bonds. The lowest BCUT2D eigenvalue weighted by atomic mass is 10.1. The van der Waals surface area contributed by atoms with Crippen LogP contribution in [-0.4, -0.2) is 78.0 Å². The Morgan fingerprint density at radius 2 is 1.39 bits per heavy atom. The molecule has 0 spiro atoms. The quantitative estimate of drug-likeness (QED) is 0.516. The molecule has 0 radical (unpaired) electrons. The normalized spacial score (nSPS) is 16.7. The van der Waals surface area contributed by atoms with Crippen molar-refractivity contribution in [3.8, 4) is 11.1 Å². The topological polar surface area (TPSA) is 96.9 Å². The van der Waals surface area contributed by atoms with Gasteiger partial charge in [0.2, 0.25) is 5.95 Å². The average Bonchev–Trinajstić information content (AvgIpc) is 2.94. The van der Waals surface area contributed by atoms with Gasteiger partial charge in [0.15, 0.2) is 9.84 Å². The van der Waals surface area contributed by atoms with Crippen molar-refractivity contribution in [2.75, 3.05) is 74.8 Å². The number of aromatic nitrogens is 2. The number of nitrogens with zero attached hydrogens (tertiary/aromatic N) is 4. The van der Waals surface area contributed by atoms with E-state index in [0.717, 1.165) is 41.2 Å². The van der Waals surface area contributed by atoms with Gasteiger partial charge < -0.3 is 24.6 Å². The van der Waals surface area contributed by atoms with Gasteiger partial charge >= 0.3 is 0 Å². The molecule has 0 atom stereocenters. The zero-order valence-electron chi connectivity index (χ0n) is 20.4. The van der Waals surface area contributed by atoms with E-state index in [0.29, 0.717) is 45.5 Å². The molecule has 3 heterocycles. The molecule has 10 heteroatoms. The number of morpholine rings is 2. The lowest BCUT2D eigenvalue weighted by molar-refractivity contribution is 0.122. The van der Waals surface area contributed by atoms with E-state index >= 15 is 0 Å². The summed E-state index contributed by atoms with van der Waals surface area (Å²) >= 11 is 0. The molecule has 3 aromatic rings. The van der Waals surface area contributed by atoms with Gasteiger partial charge in [-0.15, -0.1) is 0 Å². The zero-order valence-corrected chi connectivity index (χ0v) is 21.2. The number of hydrogen-bond acceptors (Lipinski definition) is 9. The summed E-state index contributed by atoms with van der Waals surface area (Å²) in [6.45, 7) is 5.74. The first-order valence-electron chi connectivity index (χ1n) is 12.1. The van der Waals surface area contributed by atoms with E-state index < -0.39 is 9.84 Å². The molecule has 2 aromatic carbocycles. The van der Waals surface area contributed by atoms with Crippen molar-refractivity contribution >= 4 is 27.2 Å². The van der Waals surface area contributed by atoms with Crippen LogP contribution in [-0.2, 0) is 25.1 Å². The first kappa shape index (κ1) is 24.5. The van der Waals surface area contributed by atoms with Crippen LogP contribution in [0.15, 0.2) is 59.8 Å². The Balaban J connectivity index is 1.44. The third-order valence-corrected chi connectivity index (χ3v) is 8.17.